The van der Waals surface area contributed by atoms with Crippen LogP contribution in [0.3, 0.4) is 0 Å². The predicted octanol–water partition coefficient (Wildman–Crippen LogP) is 4.13. The Morgan fingerprint density at radius 2 is 2.12 bits per heavy atom. The van der Waals surface area contributed by atoms with E-state index in [1.165, 1.54) is 11.8 Å². The van der Waals surface area contributed by atoms with Crippen molar-refractivity contribution in [3.63, 3.8) is 0 Å². The fraction of sp³-hybridized carbons (Fsp3) is 0.389. The summed E-state index contributed by atoms with van der Waals surface area (Å²) in [5, 5.41) is 3.70. The summed E-state index contributed by atoms with van der Waals surface area (Å²) in [5.74, 6) is -0.0866. The van der Waals surface area contributed by atoms with Crippen molar-refractivity contribution in [3.05, 3.63) is 56.8 Å². The number of unbranched alkanes of at least 4 members (excludes halogenated alkanes) is 1. The lowest BCUT2D eigenvalue weighted by molar-refractivity contribution is -0.139. The van der Waals surface area contributed by atoms with Gasteiger partial charge in [-0.3, -0.25) is 0 Å². The highest BCUT2D eigenvalue weighted by molar-refractivity contribution is 8.02. The molecule has 1 aromatic rings. The fourth-order valence-electron chi connectivity index (χ4n) is 2.73. The molecule has 1 aliphatic heterocycles. The highest BCUT2D eigenvalue weighted by Crippen LogP contribution is 2.44. The molecule has 4 nitrogen and oxygen atoms in total. The van der Waals surface area contributed by atoms with Gasteiger partial charge < -0.3 is 15.8 Å². The molecule has 3 N–H and O–H groups in total. The maximum atomic E-state index is 12.7. The zero-order chi connectivity index (χ0) is 17.7. The Morgan fingerprint density at radius 3 is 2.75 bits per heavy atom. The normalized spacial score (nSPS) is 17.8. The number of nitrogens with one attached hydrogen (secondary N) is 1. The lowest BCUT2D eigenvalue weighted by Crippen LogP contribution is -2.32. The van der Waals surface area contributed by atoms with Gasteiger partial charge in [0.15, 0.2) is 0 Å². The Kier molecular flexibility index (Phi) is 6.63. The van der Waals surface area contributed by atoms with Crippen molar-refractivity contribution < 1.29 is 9.53 Å². The van der Waals surface area contributed by atoms with Crippen LogP contribution in [0.5, 0.6) is 0 Å². The van der Waals surface area contributed by atoms with Crippen LogP contribution >= 0.6 is 23.4 Å². The van der Waals surface area contributed by atoms with E-state index in [4.69, 9.17) is 22.1 Å². The molecule has 0 saturated carbocycles. The maximum Gasteiger partial charge on any atom is 0.336 e. The Balaban J connectivity index is 2.47. The largest absolute Gasteiger partial charge is 0.462 e. The van der Waals surface area contributed by atoms with Gasteiger partial charge in [0.05, 0.1) is 18.1 Å². The van der Waals surface area contributed by atoms with E-state index in [2.05, 4.69) is 12.2 Å². The number of carbonyl (C=O) groups is 1. The SMILES string of the molecule is CCCCOC(=O)C1=C(C)NC(N)=C(SC)C1c1ccccc1Cl. The third-order valence-corrected chi connectivity index (χ3v) is 5.17. The van der Waals surface area contributed by atoms with Crippen molar-refractivity contribution >= 4 is 29.3 Å². The van der Waals surface area contributed by atoms with E-state index < -0.39 is 0 Å². The number of rotatable bonds is 6. The molecule has 2 rings (SSSR count). The monoisotopic (exact) mass is 366 g/mol. The summed E-state index contributed by atoms with van der Waals surface area (Å²) in [5.41, 5.74) is 8.29. The first-order valence-corrected chi connectivity index (χ1v) is 9.54. The molecule has 6 heteroatoms. The Labute approximate surface area is 152 Å². The quantitative estimate of drug-likeness (QED) is 0.585. The number of allylic oxidation sites excluding steroid dienone is 2. The Morgan fingerprint density at radius 1 is 1.42 bits per heavy atom. The van der Waals surface area contributed by atoms with Gasteiger partial charge in [-0.1, -0.05) is 43.1 Å². The maximum absolute atomic E-state index is 12.7. The predicted molar refractivity (Wildman–Crippen MR) is 101 cm³/mol. The van der Waals surface area contributed by atoms with Gasteiger partial charge in [-0.2, -0.15) is 0 Å². The molecule has 0 bridgehead atoms. The van der Waals surface area contributed by atoms with E-state index in [0.29, 0.717) is 28.7 Å². The lowest BCUT2D eigenvalue weighted by Gasteiger charge is -2.30. The molecule has 0 spiro atoms. The molecule has 0 fully saturated rings. The van der Waals surface area contributed by atoms with Gasteiger partial charge in [-0.15, -0.1) is 11.8 Å². The third-order valence-electron chi connectivity index (χ3n) is 3.93. The molecule has 1 unspecified atom stereocenters. The van der Waals surface area contributed by atoms with E-state index in [-0.39, 0.29) is 11.9 Å². The summed E-state index contributed by atoms with van der Waals surface area (Å²) >= 11 is 7.91. The summed E-state index contributed by atoms with van der Waals surface area (Å²) in [7, 11) is 0. The Hall–Kier alpha value is -1.59. The number of hydrogen-bond donors (Lipinski definition) is 2. The number of esters is 1. The minimum Gasteiger partial charge on any atom is -0.462 e. The van der Waals surface area contributed by atoms with Crippen LogP contribution in [-0.4, -0.2) is 18.8 Å². The van der Waals surface area contributed by atoms with Crippen molar-refractivity contribution in [3.8, 4) is 0 Å². The molecular weight excluding hydrogens is 344 g/mol. The highest BCUT2D eigenvalue weighted by Gasteiger charge is 2.35. The van der Waals surface area contributed by atoms with Crippen LogP contribution in [0.1, 0.15) is 38.2 Å². The summed E-state index contributed by atoms with van der Waals surface area (Å²) < 4.78 is 5.46. The van der Waals surface area contributed by atoms with Gasteiger partial charge in [0, 0.05) is 15.6 Å². The minimum atomic E-state index is -0.322. The molecule has 130 valence electrons. The van der Waals surface area contributed by atoms with Crippen LogP contribution < -0.4 is 11.1 Å². The number of carbonyl (C=O) groups excluding carboxylic acids is 1. The highest BCUT2D eigenvalue weighted by atomic mass is 35.5. The molecule has 1 aromatic carbocycles. The third kappa shape index (κ3) is 3.90. The van der Waals surface area contributed by atoms with Crippen molar-refractivity contribution in [1.82, 2.24) is 5.32 Å². The van der Waals surface area contributed by atoms with Crippen LogP contribution in [0, 0.1) is 0 Å². The standard InChI is InChI=1S/C18H23ClN2O2S/c1-4-5-10-23-18(22)14-11(2)21-17(20)16(24-3)15(14)12-8-6-7-9-13(12)19/h6-9,15,21H,4-5,10,20H2,1-3H3. The van der Waals surface area contributed by atoms with Crippen LogP contribution in [0.2, 0.25) is 5.02 Å². The second-order valence-electron chi connectivity index (χ2n) is 5.59. The molecular formula is C18H23ClN2O2S. The number of dihydropyridines is 1. The van der Waals surface area contributed by atoms with Gasteiger partial charge in [0.2, 0.25) is 0 Å². The second kappa shape index (κ2) is 8.49. The van der Waals surface area contributed by atoms with Crippen molar-refractivity contribution in [2.24, 2.45) is 5.73 Å². The topological polar surface area (TPSA) is 64.3 Å². The zero-order valence-electron chi connectivity index (χ0n) is 14.2. The second-order valence-corrected chi connectivity index (χ2v) is 6.84. The van der Waals surface area contributed by atoms with Gasteiger partial charge in [-0.25, -0.2) is 4.79 Å². The van der Waals surface area contributed by atoms with Crippen molar-refractivity contribution in [2.75, 3.05) is 12.9 Å². The number of ether oxygens (including phenoxy) is 1. The average Bonchev–Trinajstić information content (AvgIpc) is 2.55. The van der Waals surface area contributed by atoms with Crippen molar-refractivity contribution in [2.45, 2.75) is 32.6 Å². The van der Waals surface area contributed by atoms with E-state index in [1.807, 2.05) is 37.4 Å². The number of nitrogens with two attached hydrogens (primary N) is 1. The van der Waals surface area contributed by atoms with Gasteiger partial charge in [0.25, 0.3) is 0 Å². The van der Waals surface area contributed by atoms with Gasteiger partial charge in [-0.05, 0) is 31.2 Å². The van der Waals surface area contributed by atoms with Crippen LogP contribution in [0.25, 0.3) is 0 Å². The summed E-state index contributed by atoms with van der Waals surface area (Å²) in [6, 6.07) is 7.53. The number of hydrogen-bond acceptors (Lipinski definition) is 5. The fourth-order valence-corrected chi connectivity index (χ4v) is 3.72. The molecule has 0 aliphatic carbocycles. The molecule has 1 atom stereocenters. The molecule has 0 radical (unpaired) electrons. The first-order chi connectivity index (χ1) is 11.5. The first-order valence-electron chi connectivity index (χ1n) is 7.94. The molecule has 0 amide bonds. The minimum absolute atomic E-state index is 0.316. The summed E-state index contributed by atoms with van der Waals surface area (Å²) in [4.78, 5) is 13.6. The van der Waals surface area contributed by atoms with E-state index in [1.54, 1.807) is 0 Å². The number of thioether (sulfide) groups is 1. The average molecular weight is 367 g/mol. The van der Waals surface area contributed by atoms with Gasteiger partial charge >= 0.3 is 5.97 Å². The zero-order valence-corrected chi connectivity index (χ0v) is 15.8. The van der Waals surface area contributed by atoms with Crippen LogP contribution in [0.15, 0.2) is 46.3 Å². The summed E-state index contributed by atoms with van der Waals surface area (Å²) in [6.45, 7) is 4.31. The molecule has 1 heterocycles. The van der Waals surface area contributed by atoms with E-state index in [0.717, 1.165) is 23.3 Å². The molecule has 1 aliphatic rings. The van der Waals surface area contributed by atoms with Crippen LogP contribution in [0.4, 0.5) is 0 Å². The smallest absolute Gasteiger partial charge is 0.336 e. The van der Waals surface area contributed by atoms with Gasteiger partial charge in [0.1, 0.15) is 5.82 Å². The molecule has 24 heavy (non-hydrogen) atoms. The Bertz CT molecular complexity index is 685. The van der Waals surface area contributed by atoms with E-state index >= 15 is 0 Å². The molecule has 0 saturated heterocycles. The van der Waals surface area contributed by atoms with Crippen molar-refractivity contribution in [1.29, 1.82) is 0 Å². The molecule has 0 aromatic heterocycles. The van der Waals surface area contributed by atoms with E-state index in [9.17, 15) is 4.79 Å². The van der Waals surface area contributed by atoms with Crippen LogP contribution in [-0.2, 0) is 9.53 Å². The lowest BCUT2D eigenvalue weighted by atomic mass is 9.87. The summed E-state index contributed by atoms with van der Waals surface area (Å²) in [6.07, 6.45) is 3.75. The first kappa shape index (κ1) is 18.7. The number of benzene rings is 1. The number of halogens is 1.